The first kappa shape index (κ1) is 15.9. The molecule has 4 rings (SSSR count). The van der Waals surface area contributed by atoms with Crippen LogP contribution in [0.2, 0.25) is 0 Å². The van der Waals surface area contributed by atoms with Crippen LogP contribution in [-0.2, 0) is 4.79 Å². The summed E-state index contributed by atoms with van der Waals surface area (Å²) >= 11 is 0. The van der Waals surface area contributed by atoms with E-state index in [1.54, 1.807) is 42.7 Å². The second-order valence-corrected chi connectivity index (χ2v) is 5.98. The van der Waals surface area contributed by atoms with Gasteiger partial charge in [0.05, 0.1) is 5.92 Å². The van der Waals surface area contributed by atoms with Gasteiger partial charge in [-0.25, -0.2) is 14.6 Å². The molecule has 8 nitrogen and oxygen atoms in total. The number of aryl methyl sites for hydroxylation is 1. The molecule has 0 saturated carbocycles. The van der Waals surface area contributed by atoms with Crippen LogP contribution in [0.1, 0.15) is 27.5 Å². The summed E-state index contributed by atoms with van der Waals surface area (Å²) in [7, 11) is 0. The highest BCUT2D eigenvalue weighted by Crippen LogP contribution is 2.25. The van der Waals surface area contributed by atoms with Gasteiger partial charge in [0.2, 0.25) is 5.91 Å². The Labute approximate surface area is 149 Å². The summed E-state index contributed by atoms with van der Waals surface area (Å²) in [5, 5.41) is 9.84. The van der Waals surface area contributed by atoms with Crippen LogP contribution in [-0.4, -0.2) is 38.1 Å². The number of hydrogen-bond acceptors (Lipinski definition) is 5. The molecule has 0 fully saturated rings. The summed E-state index contributed by atoms with van der Waals surface area (Å²) < 4.78 is 1.50. The van der Waals surface area contributed by atoms with E-state index in [1.807, 2.05) is 13.0 Å². The Bertz CT molecular complexity index is 997. The van der Waals surface area contributed by atoms with E-state index in [0.29, 0.717) is 17.3 Å². The summed E-state index contributed by atoms with van der Waals surface area (Å²) in [4.78, 5) is 33.1. The van der Waals surface area contributed by atoms with Crippen molar-refractivity contribution >= 4 is 17.6 Å². The molecule has 8 heteroatoms. The van der Waals surface area contributed by atoms with Gasteiger partial charge in [0.15, 0.2) is 5.82 Å². The number of carbonyl (C=O) groups is 2. The maximum absolute atomic E-state index is 12.7. The summed E-state index contributed by atoms with van der Waals surface area (Å²) in [5.74, 6) is -0.0297. The van der Waals surface area contributed by atoms with Gasteiger partial charge in [-0.15, -0.1) is 5.10 Å². The zero-order chi connectivity index (χ0) is 18.1. The summed E-state index contributed by atoms with van der Waals surface area (Å²) in [5.41, 5.74) is 2.07. The van der Waals surface area contributed by atoms with E-state index >= 15 is 0 Å². The molecular weight excluding hydrogens is 332 g/mol. The van der Waals surface area contributed by atoms with E-state index in [0.717, 1.165) is 11.3 Å². The highest BCUT2D eigenvalue weighted by Gasteiger charge is 2.30. The fourth-order valence-electron chi connectivity index (χ4n) is 2.90. The van der Waals surface area contributed by atoms with Gasteiger partial charge in [-0.3, -0.25) is 9.59 Å². The van der Waals surface area contributed by atoms with Crippen LogP contribution in [0, 0.1) is 6.92 Å². The van der Waals surface area contributed by atoms with Crippen LogP contribution in [0.25, 0.3) is 5.95 Å². The van der Waals surface area contributed by atoms with Crippen LogP contribution in [0.15, 0.2) is 48.8 Å². The molecule has 1 aromatic carbocycles. The zero-order valence-electron chi connectivity index (χ0n) is 14.0. The number of hydrogen-bond donors (Lipinski definition) is 2. The lowest BCUT2D eigenvalue weighted by atomic mass is 9.90. The summed E-state index contributed by atoms with van der Waals surface area (Å²) in [6.45, 7) is 2.12. The molecule has 3 aromatic rings. The molecule has 26 heavy (non-hydrogen) atoms. The number of benzene rings is 1. The standard InChI is InChI=1S/C18H16N6O2/c1-11-6-8-19-18(21-11)24-9-7-15(23-24)22-17(26)14-10-20-16(25)13-5-3-2-4-12(13)14/h2-9,14H,10H2,1H3,(H,20,25)(H,22,23,26). The topological polar surface area (TPSA) is 102 Å². The molecule has 0 radical (unpaired) electrons. The molecule has 3 heterocycles. The van der Waals surface area contributed by atoms with Crippen molar-refractivity contribution in [1.82, 2.24) is 25.1 Å². The number of fused-ring (bicyclic) bond motifs is 1. The molecule has 0 saturated heterocycles. The Hall–Kier alpha value is -3.55. The van der Waals surface area contributed by atoms with E-state index in [9.17, 15) is 9.59 Å². The van der Waals surface area contributed by atoms with Crippen LogP contribution in [0.3, 0.4) is 0 Å². The molecule has 0 aliphatic carbocycles. The zero-order valence-corrected chi connectivity index (χ0v) is 14.0. The first-order valence-electron chi connectivity index (χ1n) is 8.15. The first-order valence-corrected chi connectivity index (χ1v) is 8.15. The van der Waals surface area contributed by atoms with Crippen molar-refractivity contribution in [3.05, 3.63) is 65.6 Å². The molecule has 2 amide bonds. The van der Waals surface area contributed by atoms with Gasteiger partial charge < -0.3 is 10.6 Å². The van der Waals surface area contributed by atoms with Crippen molar-refractivity contribution in [3.8, 4) is 5.95 Å². The third kappa shape index (κ3) is 2.92. The van der Waals surface area contributed by atoms with E-state index < -0.39 is 5.92 Å². The molecule has 1 atom stereocenters. The SMILES string of the molecule is Cc1ccnc(-n2ccc(NC(=O)C3CNC(=O)c4ccccc43)n2)n1. The minimum Gasteiger partial charge on any atom is -0.351 e. The Morgan fingerprint density at radius 3 is 2.96 bits per heavy atom. The van der Waals surface area contributed by atoms with Crippen molar-refractivity contribution in [3.63, 3.8) is 0 Å². The molecular formula is C18H16N6O2. The van der Waals surface area contributed by atoms with E-state index in [-0.39, 0.29) is 18.4 Å². The summed E-state index contributed by atoms with van der Waals surface area (Å²) in [6.07, 6.45) is 3.33. The van der Waals surface area contributed by atoms with Gasteiger partial charge in [-0.05, 0) is 24.6 Å². The highest BCUT2D eigenvalue weighted by molar-refractivity contribution is 6.03. The Kier molecular flexibility index (Phi) is 3.92. The van der Waals surface area contributed by atoms with Crippen molar-refractivity contribution in [2.24, 2.45) is 0 Å². The van der Waals surface area contributed by atoms with E-state index in [2.05, 4.69) is 25.7 Å². The van der Waals surface area contributed by atoms with Gasteiger partial charge in [0.25, 0.3) is 11.9 Å². The molecule has 1 aliphatic heterocycles. The first-order chi connectivity index (χ1) is 12.6. The van der Waals surface area contributed by atoms with E-state index in [1.165, 1.54) is 4.68 Å². The third-order valence-electron chi connectivity index (χ3n) is 4.19. The second kappa shape index (κ2) is 6.40. The number of nitrogens with one attached hydrogen (secondary N) is 2. The predicted octanol–water partition coefficient (Wildman–Crippen LogP) is 1.44. The Balaban J connectivity index is 1.55. The molecule has 130 valence electrons. The maximum atomic E-state index is 12.7. The van der Waals surface area contributed by atoms with Gasteiger partial charge in [0.1, 0.15) is 0 Å². The number of aromatic nitrogens is 4. The lowest BCUT2D eigenvalue weighted by Gasteiger charge is -2.24. The quantitative estimate of drug-likeness (QED) is 0.746. The van der Waals surface area contributed by atoms with Crippen molar-refractivity contribution in [1.29, 1.82) is 0 Å². The average molecular weight is 348 g/mol. The number of nitrogens with zero attached hydrogens (tertiary/aromatic N) is 4. The molecule has 2 aromatic heterocycles. The van der Waals surface area contributed by atoms with Crippen LogP contribution in [0.4, 0.5) is 5.82 Å². The maximum Gasteiger partial charge on any atom is 0.251 e. The lowest BCUT2D eigenvalue weighted by molar-refractivity contribution is -0.117. The van der Waals surface area contributed by atoms with Gasteiger partial charge in [-0.1, -0.05) is 18.2 Å². The minimum absolute atomic E-state index is 0.162. The number of rotatable bonds is 3. The smallest absolute Gasteiger partial charge is 0.251 e. The Morgan fingerprint density at radius 1 is 1.27 bits per heavy atom. The van der Waals surface area contributed by atoms with E-state index in [4.69, 9.17) is 0 Å². The van der Waals surface area contributed by atoms with Gasteiger partial charge >= 0.3 is 0 Å². The molecule has 1 aliphatic rings. The number of carbonyl (C=O) groups excluding carboxylic acids is 2. The predicted molar refractivity (Wildman–Crippen MR) is 94.0 cm³/mol. The number of anilines is 1. The van der Waals surface area contributed by atoms with Crippen molar-refractivity contribution < 1.29 is 9.59 Å². The lowest BCUT2D eigenvalue weighted by Crippen LogP contribution is -2.40. The van der Waals surface area contributed by atoms with Gasteiger partial charge in [-0.2, -0.15) is 0 Å². The average Bonchev–Trinajstić information content (AvgIpc) is 3.11. The summed E-state index contributed by atoms with van der Waals surface area (Å²) in [6, 6.07) is 10.6. The van der Waals surface area contributed by atoms with Gasteiger partial charge in [0, 0.05) is 36.3 Å². The highest BCUT2D eigenvalue weighted by atomic mass is 16.2. The molecule has 1 unspecified atom stereocenters. The van der Waals surface area contributed by atoms with Crippen LogP contribution >= 0.6 is 0 Å². The van der Waals surface area contributed by atoms with Crippen LogP contribution in [0.5, 0.6) is 0 Å². The largest absolute Gasteiger partial charge is 0.351 e. The molecule has 2 N–H and O–H groups in total. The third-order valence-corrected chi connectivity index (χ3v) is 4.19. The second-order valence-electron chi connectivity index (χ2n) is 5.98. The van der Waals surface area contributed by atoms with Crippen molar-refractivity contribution in [2.75, 3.05) is 11.9 Å². The molecule has 0 spiro atoms. The van der Waals surface area contributed by atoms with Crippen LogP contribution < -0.4 is 10.6 Å². The fraction of sp³-hybridized carbons (Fsp3) is 0.167. The monoisotopic (exact) mass is 348 g/mol. The van der Waals surface area contributed by atoms with Crippen molar-refractivity contribution in [2.45, 2.75) is 12.8 Å². The molecule has 0 bridgehead atoms. The minimum atomic E-state index is -0.468. The normalized spacial score (nSPS) is 15.9. The Morgan fingerprint density at radius 2 is 2.12 bits per heavy atom. The number of amides is 2. The fourth-order valence-corrected chi connectivity index (χ4v) is 2.90.